The Hall–Kier alpha value is -1.94. The zero-order valence-electron chi connectivity index (χ0n) is 64.8. The van der Waals surface area contributed by atoms with E-state index in [1.807, 2.05) is 0 Å². The van der Waals surface area contributed by atoms with Gasteiger partial charge < -0.3 is 33.8 Å². The quantitative estimate of drug-likeness (QED) is 0.0222. The van der Waals surface area contributed by atoms with Crippen molar-refractivity contribution >= 4 is 39.5 Å². The van der Waals surface area contributed by atoms with E-state index in [2.05, 4.69) is 41.5 Å². The van der Waals surface area contributed by atoms with Crippen LogP contribution in [0.25, 0.3) is 0 Å². The molecule has 0 aliphatic heterocycles. The average Bonchev–Trinajstić information content (AvgIpc) is 2.43. The minimum absolute atomic E-state index is 0.106. The lowest BCUT2D eigenvalue weighted by molar-refractivity contribution is -0.161. The summed E-state index contributed by atoms with van der Waals surface area (Å²) in [4.78, 5) is 73.0. The Morgan fingerprint density at radius 1 is 0.293 bits per heavy atom. The van der Waals surface area contributed by atoms with Gasteiger partial charge in [-0.25, -0.2) is 9.13 Å². The molecule has 6 atom stereocenters. The van der Waals surface area contributed by atoms with Crippen molar-refractivity contribution in [3.05, 3.63) is 0 Å². The molecular weight excluding hydrogens is 1290 g/mol. The fourth-order valence-corrected chi connectivity index (χ4v) is 13.9. The minimum atomic E-state index is -4.96. The first-order valence-electron chi connectivity index (χ1n) is 41.5. The van der Waals surface area contributed by atoms with Crippen LogP contribution in [0.2, 0.25) is 0 Å². The maximum absolute atomic E-state index is 13.1. The van der Waals surface area contributed by atoms with Gasteiger partial charge in [0.2, 0.25) is 0 Å². The topological polar surface area (TPSA) is 237 Å². The van der Waals surface area contributed by atoms with E-state index in [-0.39, 0.29) is 25.7 Å². The lowest BCUT2D eigenvalue weighted by Gasteiger charge is -2.21. The molecule has 0 aliphatic carbocycles. The number of rotatable bonds is 79. The molecule has 0 aromatic heterocycles. The third kappa shape index (κ3) is 72.8. The highest BCUT2D eigenvalue weighted by Gasteiger charge is 2.30. The summed E-state index contributed by atoms with van der Waals surface area (Å²) in [5.41, 5.74) is 0. The number of hydrogen-bond donors (Lipinski definition) is 3. The van der Waals surface area contributed by atoms with Crippen molar-refractivity contribution in [1.29, 1.82) is 0 Å². The Balaban J connectivity index is 5.25. The van der Waals surface area contributed by atoms with Crippen molar-refractivity contribution in [3.63, 3.8) is 0 Å². The second-order valence-electron chi connectivity index (χ2n) is 29.5. The van der Waals surface area contributed by atoms with Gasteiger partial charge in [0.05, 0.1) is 26.4 Å². The first kappa shape index (κ1) is 97.1. The summed E-state index contributed by atoms with van der Waals surface area (Å²) in [7, 11) is -9.92. The largest absolute Gasteiger partial charge is 0.472 e. The second-order valence-corrected chi connectivity index (χ2v) is 32.4. The van der Waals surface area contributed by atoms with Crippen LogP contribution in [0.15, 0.2) is 0 Å². The molecule has 0 radical (unpaired) electrons. The summed E-state index contributed by atoms with van der Waals surface area (Å²) < 4.78 is 68.7. The van der Waals surface area contributed by atoms with Gasteiger partial charge >= 0.3 is 39.5 Å². The molecule has 0 bridgehead atoms. The van der Waals surface area contributed by atoms with Crippen LogP contribution < -0.4 is 0 Å². The van der Waals surface area contributed by atoms with Crippen LogP contribution in [0.4, 0.5) is 0 Å². The molecule has 0 rings (SSSR count). The molecule has 19 heteroatoms. The highest BCUT2D eigenvalue weighted by Crippen LogP contribution is 2.45. The Morgan fingerprint density at radius 2 is 0.515 bits per heavy atom. The van der Waals surface area contributed by atoms with Crippen molar-refractivity contribution in [1.82, 2.24) is 0 Å². The smallest absolute Gasteiger partial charge is 0.462 e. The zero-order chi connectivity index (χ0) is 72.8. The van der Waals surface area contributed by atoms with Crippen LogP contribution in [-0.2, 0) is 65.4 Å². The van der Waals surface area contributed by atoms with Crippen molar-refractivity contribution in [2.75, 3.05) is 39.6 Å². The fraction of sp³-hybridized carbons (Fsp3) is 0.950. The van der Waals surface area contributed by atoms with Crippen molar-refractivity contribution < 1.29 is 80.2 Å². The molecule has 0 aromatic rings. The normalized spacial score (nSPS) is 14.2. The Kier molecular flexibility index (Phi) is 70.3. The van der Waals surface area contributed by atoms with Crippen LogP contribution in [0.1, 0.15) is 420 Å². The zero-order valence-corrected chi connectivity index (χ0v) is 66.6. The molecule has 0 saturated heterocycles. The van der Waals surface area contributed by atoms with E-state index in [9.17, 15) is 43.2 Å². The van der Waals surface area contributed by atoms with E-state index < -0.39 is 97.5 Å². The third-order valence-electron chi connectivity index (χ3n) is 19.1. The van der Waals surface area contributed by atoms with E-state index in [1.165, 1.54) is 231 Å². The molecule has 0 saturated carbocycles. The van der Waals surface area contributed by atoms with Gasteiger partial charge in [-0.2, -0.15) is 0 Å². The van der Waals surface area contributed by atoms with Crippen LogP contribution in [0.5, 0.6) is 0 Å². The van der Waals surface area contributed by atoms with E-state index in [4.69, 9.17) is 37.0 Å². The summed E-state index contributed by atoms with van der Waals surface area (Å²) in [6, 6.07) is 0. The fourth-order valence-electron chi connectivity index (χ4n) is 12.3. The molecule has 0 heterocycles. The molecular formula is C80H156O17P2. The van der Waals surface area contributed by atoms with Gasteiger partial charge in [0.1, 0.15) is 19.3 Å². The van der Waals surface area contributed by atoms with E-state index in [0.717, 1.165) is 108 Å². The minimum Gasteiger partial charge on any atom is -0.462 e. The lowest BCUT2D eigenvalue weighted by atomic mass is 10.00. The predicted octanol–water partition coefficient (Wildman–Crippen LogP) is 23.9. The standard InChI is InChI=1S/C80H156O17P2/c1-7-10-12-14-16-18-20-22-24-26-28-30-35-39-43-50-56-62-77(82)90-68-75(96-79(84)64-58-52-44-40-36-31-29-27-25-23-21-19-17-15-13-11-8-2)70-94-98(86,87)92-66-74(81)67-93-99(88,89)95-71-76(69-91-78(83)63-57-51-47-46-49-55-61-73(6)9-3)97-80(85)65-59-53-45-41-37-33-32-34-38-42-48-54-60-72(4)5/h72-76,81H,7-71H2,1-6H3,(H,86,87)(H,88,89)/t73?,74-,75-,76-/m1/s1. The number of aliphatic hydroxyl groups excluding tert-OH is 1. The summed E-state index contributed by atoms with van der Waals surface area (Å²) in [6.45, 7) is 9.60. The lowest BCUT2D eigenvalue weighted by Crippen LogP contribution is -2.30. The van der Waals surface area contributed by atoms with Gasteiger partial charge in [-0.3, -0.25) is 37.3 Å². The first-order valence-corrected chi connectivity index (χ1v) is 44.5. The van der Waals surface area contributed by atoms with Crippen molar-refractivity contribution in [2.45, 2.75) is 439 Å². The second kappa shape index (κ2) is 71.7. The molecule has 0 fully saturated rings. The summed E-state index contributed by atoms with van der Waals surface area (Å²) in [6.07, 6.45) is 61.0. The summed E-state index contributed by atoms with van der Waals surface area (Å²) >= 11 is 0. The molecule has 0 amide bonds. The van der Waals surface area contributed by atoms with Gasteiger partial charge in [0, 0.05) is 25.7 Å². The number of esters is 4. The summed E-state index contributed by atoms with van der Waals surface area (Å²) in [5, 5.41) is 10.6. The first-order chi connectivity index (χ1) is 47.9. The molecule has 0 aliphatic rings. The predicted molar refractivity (Wildman–Crippen MR) is 405 cm³/mol. The van der Waals surface area contributed by atoms with E-state index in [1.54, 1.807) is 0 Å². The molecule has 17 nitrogen and oxygen atoms in total. The van der Waals surface area contributed by atoms with Gasteiger partial charge in [-0.15, -0.1) is 0 Å². The number of hydrogen-bond acceptors (Lipinski definition) is 15. The molecule has 0 aromatic carbocycles. The average molecular weight is 1450 g/mol. The van der Waals surface area contributed by atoms with Crippen LogP contribution >= 0.6 is 15.6 Å². The molecule has 3 N–H and O–H groups in total. The molecule has 0 spiro atoms. The number of phosphoric acid groups is 2. The Bertz CT molecular complexity index is 1910. The summed E-state index contributed by atoms with van der Waals surface area (Å²) in [5.74, 6) is -0.602. The van der Waals surface area contributed by atoms with Gasteiger partial charge in [-0.1, -0.05) is 369 Å². The van der Waals surface area contributed by atoms with Gasteiger partial charge in [0.25, 0.3) is 0 Å². The monoisotopic (exact) mass is 1450 g/mol. The number of aliphatic hydroxyl groups is 1. The maximum Gasteiger partial charge on any atom is 0.472 e. The number of carbonyl (C=O) groups is 4. The number of ether oxygens (including phenoxy) is 4. The highest BCUT2D eigenvalue weighted by molar-refractivity contribution is 7.47. The van der Waals surface area contributed by atoms with E-state index >= 15 is 0 Å². The third-order valence-corrected chi connectivity index (χ3v) is 21.0. The van der Waals surface area contributed by atoms with Crippen molar-refractivity contribution in [3.8, 4) is 0 Å². The Morgan fingerprint density at radius 3 is 0.768 bits per heavy atom. The molecule has 588 valence electrons. The van der Waals surface area contributed by atoms with E-state index in [0.29, 0.717) is 25.7 Å². The Labute approximate surface area is 607 Å². The van der Waals surface area contributed by atoms with Gasteiger partial charge in [0.15, 0.2) is 12.2 Å². The maximum atomic E-state index is 13.1. The number of phosphoric ester groups is 2. The van der Waals surface area contributed by atoms with Gasteiger partial charge in [-0.05, 0) is 37.5 Å². The number of carbonyl (C=O) groups excluding carboxylic acids is 4. The SMILES string of the molecule is CCCCCCCCCCCCCCCCCCCC(=O)OC[C@H](COP(=O)(O)OC[C@@H](O)COP(=O)(O)OC[C@@H](COC(=O)CCCCCCCCC(C)CC)OC(=O)CCCCCCCCCCCCCCC(C)C)OC(=O)CCCCCCCCCCCCCCCCCCC. The molecule has 99 heavy (non-hydrogen) atoms. The van der Waals surface area contributed by atoms with Crippen LogP contribution in [-0.4, -0.2) is 96.7 Å². The van der Waals surface area contributed by atoms with Crippen LogP contribution in [0.3, 0.4) is 0 Å². The van der Waals surface area contributed by atoms with Crippen molar-refractivity contribution in [2.24, 2.45) is 11.8 Å². The number of unbranched alkanes of at least 4 members (excludes halogenated alkanes) is 48. The highest BCUT2D eigenvalue weighted by atomic mass is 31.2. The van der Waals surface area contributed by atoms with Crippen LogP contribution in [0, 0.1) is 11.8 Å². The molecule has 3 unspecified atom stereocenters.